The third kappa shape index (κ3) is 5.13. The standard InChI is InChI=1S/C21H18N6O3S4/c1-31-19-7-4-14(32-19)11-24-34(28,29)15-5-6-16-17(9-15)33-21(25-16)23-12-18-26-20(27-30-18)13-3-2-8-22-10-13/h2-10,24H,11-12H2,1H3,(H,23,25). The van der Waals surface area contributed by atoms with E-state index in [1.54, 1.807) is 59.8 Å². The van der Waals surface area contributed by atoms with E-state index in [4.69, 9.17) is 4.52 Å². The molecule has 0 saturated carbocycles. The summed E-state index contributed by atoms with van der Waals surface area (Å²) >= 11 is 4.57. The zero-order valence-corrected chi connectivity index (χ0v) is 21.0. The Balaban J connectivity index is 1.25. The van der Waals surface area contributed by atoms with Gasteiger partial charge in [0.15, 0.2) is 5.13 Å². The molecular weight excluding hydrogens is 513 g/mol. The number of fused-ring (bicyclic) bond motifs is 1. The fourth-order valence-electron chi connectivity index (χ4n) is 3.05. The number of thioether (sulfide) groups is 1. The number of thiophene rings is 1. The second-order valence-electron chi connectivity index (χ2n) is 7.00. The summed E-state index contributed by atoms with van der Waals surface area (Å²) in [6.45, 7) is 0.547. The van der Waals surface area contributed by atoms with Gasteiger partial charge in [-0.3, -0.25) is 4.98 Å². The van der Waals surface area contributed by atoms with Crippen LogP contribution in [0.4, 0.5) is 5.13 Å². The first-order chi connectivity index (χ1) is 16.5. The minimum Gasteiger partial charge on any atom is -0.352 e. The molecule has 0 atom stereocenters. The van der Waals surface area contributed by atoms with Crippen molar-refractivity contribution in [3.63, 3.8) is 0 Å². The first-order valence-electron chi connectivity index (χ1n) is 10.00. The summed E-state index contributed by atoms with van der Waals surface area (Å²) in [5.74, 6) is 0.868. The van der Waals surface area contributed by atoms with Gasteiger partial charge in [0.25, 0.3) is 0 Å². The number of anilines is 1. The van der Waals surface area contributed by atoms with Crippen molar-refractivity contribution in [2.24, 2.45) is 0 Å². The van der Waals surface area contributed by atoms with Gasteiger partial charge in [0, 0.05) is 29.4 Å². The Hall–Kier alpha value is -2.84. The summed E-state index contributed by atoms with van der Waals surface area (Å²) in [6, 6.07) is 12.5. The van der Waals surface area contributed by atoms with Crippen molar-refractivity contribution in [2.75, 3.05) is 11.6 Å². The van der Waals surface area contributed by atoms with Gasteiger partial charge in [0.05, 0.1) is 25.9 Å². The van der Waals surface area contributed by atoms with Crippen LogP contribution in [0.1, 0.15) is 10.8 Å². The highest BCUT2D eigenvalue weighted by atomic mass is 32.2. The van der Waals surface area contributed by atoms with E-state index < -0.39 is 10.0 Å². The molecule has 0 aliphatic rings. The number of rotatable bonds is 9. The van der Waals surface area contributed by atoms with E-state index in [1.807, 2.05) is 24.5 Å². The highest BCUT2D eigenvalue weighted by Crippen LogP contribution is 2.29. The molecule has 0 spiro atoms. The molecule has 13 heteroatoms. The fourth-order valence-corrected chi connectivity index (χ4v) is 6.68. The fraction of sp³-hybridized carbons (Fsp3) is 0.143. The second-order valence-corrected chi connectivity index (χ2v) is 12.1. The molecule has 0 radical (unpaired) electrons. The summed E-state index contributed by atoms with van der Waals surface area (Å²) in [5.41, 5.74) is 1.47. The smallest absolute Gasteiger partial charge is 0.246 e. The molecule has 0 amide bonds. The molecule has 0 unspecified atom stereocenters. The van der Waals surface area contributed by atoms with Crippen molar-refractivity contribution >= 4 is 59.8 Å². The molecule has 0 aliphatic carbocycles. The van der Waals surface area contributed by atoms with Crippen LogP contribution < -0.4 is 10.0 Å². The number of sulfonamides is 1. The molecule has 0 fully saturated rings. The first-order valence-corrected chi connectivity index (χ1v) is 14.3. The molecule has 1 aromatic carbocycles. The Labute approximate surface area is 207 Å². The predicted octanol–water partition coefficient (Wildman–Crippen LogP) is 4.62. The largest absolute Gasteiger partial charge is 0.352 e. The van der Waals surface area contributed by atoms with Crippen molar-refractivity contribution < 1.29 is 12.9 Å². The molecule has 4 heterocycles. The molecular formula is C21H18N6O3S4. The van der Waals surface area contributed by atoms with Crippen LogP contribution in [-0.2, 0) is 23.1 Å². The lowest BCUT2D eigenvalue weighted by molar-refractivity contribution is 0.384. The van der Waals surface area contributed by atoms with Gasteiger partial charge in [-0.05, 0) is 48.7 Å². The van der Waals surface area contributed by atoms with Crippen LogP contribution in [0.3, 0.4) is 0 Å². The van der Waals surface area contributed by atoms with Gasteiger partial charge in [-0.15, -0.1) is 23.1 Å². The van der Waals surface area contributed by atoms with Crippen molar-refractivity contribution in [1.82, 2.24) is 24.8 Å². The first kappa shape index (κ1) is 22.9. The summed E-state index contributed by atoms with van der Waals surface area (Å²) in [6.07, 6.45) is 5.34. The third-order valence-corrected chi connectivity index (χ3v) is 9.27. The number of nitrogens with one attached hydrogen (secondary N) is 2. The minimum atomic E-state index is -3.65. The van der Waals surface area contributed by atoms with E-state index >= 15 is 0 Å². The number of aromatic nitrogens is 4. The SMILES string of the molecule is CSc1ccc(CNS(=O)(=O)c2ccc3nc(NCc4nc(-c5cccnc5)no4)sc3c2)s1. The number of nitrogens with zero attached hydrogens (tertiary/aromatic N) is 4. The van der Waals surface area contributed by atoms with Crippen LogP contribution in [0.25, 0.3) is 21.6 Å². The van der Waals surface area contributed by atoms with E-state index in [0.29, 0.717) is 28.9 Å². The summed E-state index contributed by atoms with van der Waals surface area (Å²) in [7, 11) is -3.65. The van der Waals surface area contributed by atoms with Crippen LogP contribution >= 0.6 is 34.4 Å². The number of pyridine rings is 1. The molecule has 4 aromatic heterocycles. The van der Waals surface area contributed by atoms with Gasteiger partial charge in [-0.25, -0.2) is 18.1 Å². The average molecular weight is 531 g/mol. The number of benzene rings is 1. The molecule has 0 aliphatic heterocycles. The van der Waals surface area contributed by atoms with Gasteiger partial charge in [0.1, 0.15) is 0 Å². The molecule has 174 valence electrons. The van der Waals surface area contributed by atoms with Crippen LogP contribution in [0.5, 0.6) is 0 Å². The quantitative estimate of drug-likeness (QED) is 0.263. The second kappa shape index (κ2) is 9.80. The Kier molecular flexibility index (Phi) is 6.61. The highest BCUT2D eigenvalue weighted by molar-refractivity contribution is 8.00. The maximum Gasteiger partial charge on any atom is 0.246 e. The molecule has 5 aromatic rings. The summed E-state index contributed by atoms with van der Waals surface area (Å²) in [5, 5.41) is 7.75. The molecule has 0 bridgehead atoms. The van der Waals surface area contributed by atoms with Crippen LogP contribution in [0, 0.1) is 0 Å². The third-order valence-electron chi connectivity index (χ3n) is 4.72. The lowest BCUT2D eigenvalue weighted by atomic mass is 10.3. The predicted molar refractivity (Wildman–Crippen MR) is 135 cm³/mol. The van der Waals surface area contributed by atoms with E-state index in [1.165, 1.54) is 11.3 Å². The lowest BCUT2D eigenvalue weighted by Gasteiger charge is -2.05. The average Bonchev–Trinajstić information content (AvgIpc) is 3.61. The molecule has 0 saturated heterocycles. The topological polar surface area (TPSA) is 123 Å². The number of hydrogen-bond donors (Lipinski definition) is 2. The molecule has 2 N–H and O–H groups in total. The number of hydrogen-bond acceptors (Lipinski definition) is 11. The van der Waals surface area contributed by atoms with E-state index in [0.717, 1.165) is 19.3 Å². The Morgan fingerprint density at radius 1 is 1.09 bits per heavy atom. The Morgan fingerprint density at radius 3 is 2.79 bits per heavy atom. The molecule has 34 heavy (non-hydrogen) atoms. The Morgan fingerprint density at radius 2 is 2.00 bits per heavy atom. The van der Waals surface area contributed by atoms with Gasteiger partial charge in [0.2, 0.25) is 21.7 Å². The van der Waals surface area contributed by atoms with Crippen LogP contribution in [-0.4, -0.2) is 34.8 Å². The summed E-state index contributed by atoms with van der Waals surface area (Å²) < 4.78 is 35.4. The van der Waals surface area contributed by atoms with E-state index in [9.17, 15) is 8.42 Å². The van der Waals surface area contributed by atoms with Gasteiger partial charge < -0.3 is 9.84 Å². The van der Waals surface area contributed by atoms with Crippen molar-refractivity contribution in [1.29, 1.82) is 0 Å². The summed E-state index contributed by atoms with van der Waals surface area (Å²) in [4.78, 5) is 14.1. The van der Waals surface area contributed by atoms with Gasteiger partial charge in [-0.2, -0.15) is 4.98 Å². The van der Waals surface area contributed by atoms with Crippen LogP contribution in [0.15, 0.2) is 68.5 Å². The van der Waals surface area contributed by atoms with E-state index in [2.05, 4.69) is 30.1 Å². The zero-order chi connectivity index (χ0) is 23.5. The number of thiazole rings is 1. The van der Waals surface area contributed by atoms with Crippen LogP contribution in [0.2, 0.25) is 0 Å². The molecule has 5 rings (SSSR count). The highest BCUT2D eigenvalue weighted by Gasteiger charge is 2.17. The van der Waals surface area contributed by atoms with Gasteiger partial charge in [-0.1, -0.05) is 16.5 Å². The molecule has 9 nitrogen and oxygen atoms in total. The minimum absolute atomic E-state index is 0.204. The maximum absolute atomic E-state index is 12.8. The normalized spacial score (nSPS) is 11.8. The zero-order valence-electron chi connectivity index (χ0n) is 17.8. The van der Waals surface area contributed by atoms with Crippen molar-refractivity contribution in [3.05, 3.63) is 65.6 Å². The van der Waals surface area contributed by atoms with Gasteiger partial charge >= 0.3 is 0 Å². The van der Waals surface area contributed by atoms with Crippen molar-refractivity contribution in [3.8, 4) is 11.4 Å². The monoisotopic (exact) mass is 530 g/mol. The lowest BCUT2D eigenvalue weighted by Crippen LogP contribution is -2.22. The van der Waals surface area contributed by atoms with Crippen molar-refractivity contribution in [2.45, 2.75) is 22.2 Å². The Bertz CT molecular complexity index is 1530. The van der Waals surface area contributed by atoms with E-state index in [-0.39, 0.29) is 11.4 Å². The maximum atomic E-state index is 12.8.